The molecular formula is C25H27N5O4S. The Morgan fingerprint density at radius 1 is 1.06 bits per heavy atom. The van der Waals surface area contributed by atoms with E-state index in [1.54, 1.807) is 58.7 Å². The van der Waals surface area contributed by atoms with Gasteiger partial charge in [0.05, 0.1) is 27.8 Å². The number of carbonyl (C=O) groups excluding carboxylic acids is 1. The van der Waals surface area contributed by atoms with Crippen molar-refractivity contribution in [2.75, 3.05) is 18.4 Å². The number of carbonyl (C=O) groups is 1. The predicted molar refractivity (Wildman–Crippen MR) is 133 cm³/mol. The van der Waals surface area contributed by atoms with Crippen LogP contribution in [0, 0.1) is 6.92 Å². The zero-order chi connectivity index (χ0) is 24.6. The lowest BCUT2D eigenvalue weighted by molar-refractivity contribution is 0.102. The second-order valence-corrected chi connectivity index (χ2v) is 10.7. The second-order valence-electron chi connectivity index (χ2n) is 8.74. The van der Waals surface area contributed by atoms with Gasteiger partial charge in [0, 0.05) is 25.8 Å². The van der Waals surface area contributed by atoms with Crippen molar-refractivity contribution in [2.45, 2.75) is 37.5 Å². The van der Waals surface area contributed by atoms with Crippen LogP contribution in [0.1, 0.15) is 41.7 Å². The first-order valence-electron chi connectivity index (χ1n) is 11.6. The zero-order valence-electron chi connectivity index (χ0n) is 19.7. The Bertz CT molecular complexity index is 1480. The molecule has 0 unspecified atom stereocenters. The molecule has 1 saturated heterocycles. The quantitative estimate of drug-likeness (QED) is 0.442. The van der Waals surface area contributed by atoms with Crippen molar-refractivity contribution >= 4 is 32.7 Å². The van der Waals surface area contributed by atoms with Gasteiger partial charge in [-0.3, -0.25) is 9.48 Å². The summed E-state index contributed by atoms with van der Waals surface area (Å²) < 4.78 is 35.1. The predicted octanol–water partition coefficient (Wildman–Crippen LogP) is 4.35. The third-order valence-corrected chi connectivity index (χ3v) is 8.18. The Morgan fingerprint density at radius 2 is 1.83 bits per heavy atom. The zero-order valence-corrected chi connectivity index (χ0v) is 20.5. The van der Waals surface area contributed by atoms with Gasteiger partial charge < -0.3 is 9.73 Å². The summed E-state index contributed by atoms with van der Waals surface area (Å²) in [5, 5.41) is 7.93. The molecule has 0 bridgehead atoms. The van der Waals surface area contributed by atoms with Crippen LogP contribution >= 0.6 is 0 Å². The SMILES string of the molecule is Cc1nn(C)c2nc(-c3ccco3)cc(C(=O)Nc3cccc(S(=O)(=O)N4CCCCCC4)c3)c12. The lowest BCUT2D eigenvalue weighted by Crippen LogP contribution is -2.32. The van der Waals surface area contributed by atoms with Crippen LogP contribution in [-0.4, -0.2) is 46.5 Å². The number of furan rings is 1. The summed E-state index contributed by atoms with van der Waals surface area (Å²) in [6.45, 7) is 2.86. The Kier molecular flexibility index (Phi) is 6.16. The molecule has 35 heavy (non-hydrogen) atoms. The minimum Gasteiger partial charge on any atom is -0.463 e. The van der Waals surface area contributed by atoms with E-state index in [2.05, 4.69) is 15.4 Å². The number of fused-ring (bicyclic) bond motifs is 1. The molecule has 1 N–H and O–H groups in total. The maximum Gasteiger partial charge on any atom is 0.256 e. The molecule has 10 heteroatoms. The third kappa shape index (κ3) is 4.46. The largest absolute Gasteiger partial charge is 0.463 e. The Morgan fingerprint density at radius 3 is 2.54 bits per heavy atom. The molecule has 1 fully saturated rings. The monoisotopic (exact) mass is 493 g/mol. The molecule has 1 aromatic carbocycles. The van der Waals surface area contributed by atoms with Gasteiger partial charge in [-0.15, -0.1) is 0 Å². The molecule has 4 aromatic rings. The summed E-state index contributed by atoms with van der Waals surface area (Å²) in [4.78, 5) is 18.3. The highest BCUT2D eigenvalue weighted by atomic mass is 32.2. The van der Waals surface area contributed by atoms with Gasteiger partial charge >= 0.3 is 0 Å². The van der Waals surface area contributed by atoms with E-state index in [0.29, 0.717) is 52.5 Å². The Balaban J connectivity index is 1.49. The van der Waals surface area contributed by atoms with E-state index in [1.807, 2.05) is 6.92 Å². The molecule has 0 saturated carbocycles. The standard InChI is InChI=1S/C25H27N5O4S/c1-17-23-20(16-21(22-11-8-14-34-22)27-24(23)29(2)28-17)25(31)26-18-9-7-10-19(15-18)35(32,33)30-12-5-3-4-6-13-30/h7-11,14-16H,3-6,12-13H2,1-2H3,(H,26,31). The molecule has 182 valence electrons. The van der Waals surface area contributed by atoms with Gasteiger partial charge in [0.25, 0.3) is 5.91 Å². The highest BCUT2D eigenvalue weighted by Gasteiger charge is 2.26. The van der Waals surface area contributed by atoms with E-state index in [-0.39, 0.29) is 10.8 Å². The van der Waals surface area contributed by atoms with Gasteiger partial charge in [0.15, 0.2) is 11.4 Å². The van der Waals surface area contributed by atoms with E-state index in [1.165, 1.54) is 6.07 Å². The first-order chi connectivity index (χ1) is 16.8. The van der Waals surface area contributed by atoms with Crippen molar-refractivity contribution in [3.05, 3.63) is 60.0 Å². The van der Waals surface area contributed by atoms with Crippen LogP contribution in [0.4, 0.5) is 5.69 Å². The summed E-state index contributed by atoms with van der Waals surface area (Å²) in [5.74, 6) is 0.149. The maximum atomic E-state index is 13.5. The Labute approximate surface area is 203 Å². The average Bonchev–Trinajstić information content (AvgIpc) is 3.37. The van der Waals surface area contributed by atoms with Crippen molar-refractivity contribution in [3.8, 4) is 11.5 Å². The lowest BCUT2D eigenvalue weighted by atomic mass is 10.1. The number of aryl methyl sites for hydroxylation is 2. The molecule has 0 aliphatic carbocycles. The average molecular weight is 494 g/mol. The number of nitrogens with zero attached hydrogens (tertiary/aromatic N) is 4. The number of benzene rings is 1. The first-order valence-corrected chi connectivity index (χ1v) is 13.1. The van der Waals surface area contributed by atoms with Gasteiger partial charge in [-0.1, -0.05) is 18.9 Å². The molecule has 1 amide bonds. The summed E-state index contributed by atoms with van der Waals surface area (Å²) >= 11 is 0. The minimum atomic E-state index is -3.64. The molecule has 4 heterocycles. The van der Waals surface area contributed by atoms with Crippen LogP contribution in [0.25, 0.3) is 22.5 Å². The van der Waals surface area contributed by atoms with E-state index in [9.17, 15) is 13.2 Å². The molecule has 1 aliphatic heterocycles. The van der Waals surface area contributed by atoms with Crippen LogP contribution < -0.4 is 5.32 Å². The number of nitrogens with one attached hydrogen (secondary N) is 1. The van der Waals surface area contributed by atoms with Gasteiger partial charge in [-0.05, 0) is 56.2 Å². The Hall–Kier alpha value is -3.50. The summed E-state index contributed by atoms with van der Waals surface area (Å²) in [7, 11) is -1.87. The van der Waals surface area contributed by atoms with E-state index >= 15 is 0 Å². The second kappa shape index (κ2) is 9.27. The summed E-state index contributed by atoms with van der Waals surface area (Å²) in [5.41, 5.74) is 2.51. The van der Waals surface area contributed by atoms with Crippen molar-refractivity contribution in [1.29, 1.82) is 0 Å². The van der Waals surface area contributed by atoms with Crippen molar-refractivity contribution < 1.29 is 17.6 Å². The van der Waals surface area contributed by atoms with E-state index in [0.717, 1.165) is 25.7 Å². The summed E-state index contributed by atoms with van der Waals surface area (Å²) in [6, 6.07) is 11.6. The molecular weight excluding hydrogens is 466 g/mol. The van der Waals surface area contributed by atoms with Crippen LogP contribution in [0.15, 0.2) is 58.0 Å². The van der Waals surface area contributed by atoms with Gasteiger partial charge in [-0.2, -0.15) is 9.40 Å². The number of hydrogen-bond acceptors (Lipinski definition) is 6. The topological polar surface area (TPSA) is 110 Å². The number of aromatic nitrogens is 3. The fourth-order valence-electron chi connectivity index (χ4n) is 4.54. The highest BCUT2D eigenvalue weighted by Crippen LogP contribution is 2.28. The number of rotatable bonds is 5. The van der Waals surface area contributed by atoms with Crippen LogP contribution in [0.2, 0.25) is 0 Å². The molecule has 0 atom stereocenters. The maximum absolute atomic E-state index is 13.5. The molecule has 5 rings (SSSR count). The number of hydrogen-bond donors (Lipinski definition) is 1. The van der Waals surface area contributed by atoms with Crippen molar-refractivity contribution in [2.24, 2.45) is 7.05 Å². The fraction of sp³-hybridized carbons (Fsp3) is 0.320. The van der Waals surface area contributed by atoms with Crippen LogP contribution in [0.5, 0.6) is 0 Å². The van der Waals surface area contributed by atoms with Crippen molar-refractivity contribution in [3.63, 3.8) is 0 Å². The van der Waals surface area contributed by atoms with E-state index < -0.39 is 10.0 Å². The first kappa shape index (κ1) is 23.3. The molecule has 1 aliphatic rings. The highest BCUT2D eigenvalue weighted by molar-refractivity contribution is 7.89. The fourth-order valence-corrected chi connectivity index (χ4v) is 6.10. The van der Waals surface area contributed by atoms with Gasteiger partial charge in [0.1, 0.15) is 5.69 Å². The smallest absolute Gasteiger partial charge is 0.256 e. The molecule has 9 nitrogen and oxygen atoms in total. The van der Waals surface area contributed by atoms with Crippen LogP contribution in [-0.2, 0) is 17.1 Å². The number of amides is 1. The van der Waals surface area contributed by atoms with Gasteiger partial charge in [0.2, 0.25) is 10.0 Å². The molecule has 0 spiro atoms. The molecule has 0 radical (unpaired) electrons. The molecule has 3 aromatic heterocycles. The normalized spacial score (nSPS) is 15.3. The lowest BCUT2D eigenvalue weighted by Gasteiger charge is -2.20. The minimum absolute atomic E-state index is 0.172. The van der Waals surface area contributed by atoms with Crippen molar-refractivity contribution in [1.82, 2.24) is 19.1 Å². The summed E-state index contributed by atoms with van der Waals surface area (Å²) in [6.07, 6.45) is 5.34. The number of pyridine rings is 1. The number of sulfonamides is 1. The van der Waals surface area contributed by atoms with Gasteiger partial charge in [-0.25, -0.2) is 13.4 Å². The van der Waals surface area contributed by atoms with Crippen LogP contribution in [0.3, 0.4) is 0 Å². The number of anilines is 1. The third-order valence-electron chi connectivity index (χ3n) is 6.28. The van der Waals surface area contributed by atoms with E-state index in [4.69, 9.17) is 4.42 Å².